The summed E-state index contributed by atoms with van der Waals surface area (Å²) in [6.07, 6.45) is -6.25. The number of aliphatic hydroxyl groups is 1. The van der Waals surface area contributed by atoms with Crippen molar-refractivity contribution in [1.29, 1.82) is 0 Å². The summed E-state index contributed by atoms with van der Waals surface area (Å²) in [6, 6.07) is 0. The van der Waals surface area contributed by atoms with Gasteiger partial charge in [0.15, 0.2) is 11.2 Å². The molecule has 1 N–H and O–H groups in total. The van der Waals surface area contributed by atoms with Crippen molar-refractivity contribution < 1.29 is 17.4 Å². The van der Waals surface area contributed by atoms with Crippen molar-refractivity contribution in [2.24, 2.45) is 14.0 Å². The first-order valence-electron chi connectivity index (χ1n) is 10.3. The molecule has 0 bridgehead atoms. The van der Waals surface area contributed by atoms with Gasteiger partial charge in [0.25, 0.3) is 5.56 Å². The molecule has 0 amide bonds. The Morgan fingerprint density at radius 2 is 2.35 bits per heavy atom. The van der Waals surface area contributed by atoms with Crippen LogP contribution in [0.4, 0.5) is 0 Å². The molecule has 2 rings (SSSR count). The van der Waals surface area contributed by atoms with Crippen LogP contribution in [0.25, 0.3) is 11.2 Å². The van der Waals surface area contributed by atoms with E-state index in [0.29, 0.717) is 9.13 Å². The molecule has 0 saturated carbocycles. The number of fused-ring (bicyclic) bond motifs is 1. The quantitative estimate of drug-likeness (QED) is 0.839. The monoisotopic (exact) mass is 289 g/mol. The first kappa shape index (κ1) is 6.71. The van der Waals surface area contributed by atoms with E-state index in [9.17, 15) is 14.7 Å². The van der Waals surface area contributed by atoms with Crippen LogP contribution in [0.15, 0.2) is 15.9 Å². The molecule has 0 fully saturated rings. The van der Waals surface area contributed by atoms with E-state index in [4.69, 9.17) is 12.3 Å². The summed E-state index contributed by atoms with van der Waals surface area (Å²) >= 11 is 0. The van der Waals surface area contributed by atoms with Gasteiger partial charge >= 0.3 is 5.69 Å². The number of hydrogen-bond donors (Lipinski definition) is 1. The highest BCUT2D eigenvalue weighted by Crippen LogP contribution is 2.04. The number of rotatable bonds is 5. The highest BCUT2D eigenvalue weighted by Gasteiger charge is 2.14. The number of nitrogens with zero attached hydrogens (tertiary/aromatic N) is 4. The maximum Gasteiger partial charge on any atom is 0.332 e. The number of aryl methyl sites for hydroxylation is 2. The van der Waals surface area contributed by atoms with Crippen LogP contribution in [0.2, 0.25) is 0 Å². The fraction of sp³-hybridized carbons (Fsp3) is 0.615. The van der Waals surface area contributed by atoms with E-state index in [1.54, 1.807) is 0 Å². The Kier molecular flexibility index (Phi) is 1.89. The van der Waals surface area contributed by atoms with Gasteiger partial charge in [-0.05, 0) is 26.1 Å². The second-order valence-corrected chi connectivity index (χ2v) is 4.21. The summed E-state index contributed by atoms with van der Waals surface area (Å²) in [7, 11) is 1.29. The van der Waals surface area contributed by atoms with E-state index in [1.807, 2.05) is 0 Å². The molecule has 0 aliphatic heterocycles. The third-order valence-electron chi connectivity index (χ3n) is 2.88. The van der Waals surface area contributed by atoms with Gasteiger partial charge in [-0.25, -0.2) is 9.78 Å². The van der Waals surface area contributed by atoms with Crippen LogP contribution in [0, 0.1) is 0 Å². The second-order valence-electron chi connectivity index (χ2n) is 4.21. The first-order chi connectivity index (χ1) is 12.9. The molecule has 0 aliphatic rings. The smallest absolute Gasteiger partial charge is 0.332 e. The lowest BCUT2D eigenvalue weighted by Crippen LogP contribution is -2.39. The van der Waals surface area contributed by atoms with E-state index in [2.05, 4.69) is 4.98 Å². The maximum atomic E-state index is 12.7. The van der Waals surface area contributed by atoms with Gasteiger partial charge in [0, 0.05) is 31.5 Å². The van der Waals surface area contributed by atoms with Gasteiger partial charge in [-0.3, -0.25) is 13.9 Å². The molecule has 7 nitrogen and oxygen atoms in total. The van der Waals surface area contributed by atoms with Crippen molar-refractivity contribution in [3.63, 3.8) is 0 Å². The number of hydrogen-bond acceptors (Lipinski definition) is 4. The molecule has 2 heterocycles. The number of imidazole rings is 1. The van der Waals surface area contributed by atoms with Crippen molar-refractivity contribution in [3.05, 3.63) is 27.2 Å². The summed E-state index contributed by atoms with van der Waals surface area (Å²) < 4.78 is 69.1. The minimum absolute atomic E-state index is 0.134. The fourth-order valence-corrected chi connectivity index (χ4v) is 1.91. The van der Waals surface area contributed by atoms with Crippen LogP contribution in [0.5, 0.6) is 0 Å². The van der Waals surface area contributed by atoms with E-state index in [-0.39, 0.29) is 24.1 Å². The molecule has 2 aromatic rings. The molecule has 2 aromatic heterocycles. The Balaban J connectivity index is 2.41. The summed E-state index contributed by atoms with van der Waals surface area (Å²) in [4.78, 5) is 28.9. The van der Waals surface area contributed by atoms with Gasteiger partial charge in [-0.1, -0.05) is 0 Å². The first-order valence-corrected chi connectivity index (χ1v) is 5.83. The predicted molar refractivity (Wildman–Crippen MR) is 75.7 cm³/mol. The van der Waals surface area contributed by atoms with Gasteiger partial charge in [-0.2, -0.15) is 0 Å². The molecule has 0 aliphatic carbocycles. The number of aromatic nitrogens is 4. The molecule has 20 heavy (non-hydrogen) atoms. The fourth-order valence-electron chi connectivity index (χ4n) is 1.91. The maximum absolute atomic E-state index is 12.7. The predicted octanol–water partition coefficient (Wildman–Crippen LogP) is -0.0152. The Bertz CT molecular complexity index is 1030. The van der Waals surface area contributed by atoms with Crippen LogP contribution in [0.1, 0.15) is 38.4 Å². The Hall–Kier alpha value is -1.89. The summed E-state index contributed by atoms with van der Waals surface area (Å²) in [5, 5.41) is 9.79. The van der Waals surface area contributed by atoms with Crippen molar-refractivity contribution >= 4 is 11.2 Å². The summed E-state index contributed by atoms with van der Waals surface area (Å²) in [6.45, 7) is -6.42. The van der Waals surface area contributed by atoms with E-state index in [1.165, 1.54) is 7.05 Å². The lowest BCUT2D eigenvalue weighted by molar-refractivity contribution is 0.180. The molecule has 110 valence electrons. The highest BCUT2D eigenvalue weighted by molar-refractivity contribution is 5.69. The average Bonchev–Trinajstić information content (AvgIpc) is 3.00. The van der Waals surface area contributed by atoms with Crippen molar-refractivity contribution in [3.8, 4) is 0 Å². The largest absolute Gasteiger partial charge is 0.393 e. The molecular formula is C13H20N4O3. The summed E-state index contributed by atoms with van der Waals surface area (Å²) in [5.41, 5.74) is -2.25. The minimum atomic E-state index is -3.39. The van der Waals surface area contributed by atoms with E-state index in [0.717, 1.165) is 10.9 Å². The molecule has 0 saturated heterocycles. The zero-order valence-corrected chi connectivity index (χ0v) is 10.8. The van der Waals surface area contributed by atoms with Crippen molar-refractivity contribution in [1.82, 2.24) is 18.7 Å². The standard InChI is InChI=1S/C13H20N4O3/c1-9(18)6-4-5-7-17-12(19)10-11(14-8-15(10)2)16(3)13(17)20/h8-9,18H,4-7H2,1-3H3/t9-/m1/s1/i1D3,2D3,6D2,9D. The topological polar surface area (TPSA) is 82.1 Å². The van der Waals surface area contributed by atoms with Crippen LogP contribution in [-0.4, -0.2) is 29.9 Å². The van der Waals surface area contributed by atoms with Gasteiger partial charge in [0.05, 0.1) is 13.8 Å². The van der Waals surface area contributed by atoms with Crippen LogP contribution in [-0.2, 0) is 20.6 Å². The normalized spacial score (nSPS) is 23.2. The molecule has 0 unspecified atom stereocenters. The third kappa shape index (κ3) is 2.53. The second kappa shape index (κ2) is 5.62. The van der Waals surface area contributed by atoms with Crippen molar-refractivity contribution in [2.45, 2.75) is 38.7 Å². The Morgan fingerprint density at radius 1 is 1.55 bits per heavy atom. The van der Waals surface area contributed by atoms with Crippen LogP contribution < -0.4 is 11.2 Å². The molecule has 7 heteroatoms. The third-order valence-corrected chi connectivity index (χ3v) is 2.88. The van der Waals surface area contributed by atoms with E-state index < -0.39 is 44.0 Å². The average molecular weight is 289 g/mol. The lowest BCUT2D eigenvalue weighted by atomic mass is 10.2. The molecular weight excluding hydrogens is 260 g/mol. The Labute approximate surface area is 128 Å². The molecule has 0 aromatic carbocycles. The van der Waals surface area contributed by atoms with Gasteiger partial charge in [0.2, 0.25) is 0 Å². The van der Waals surface area contributed by atoms with Crippen molar-refractivity contribution in [2.75, 3.05) is 0 Å². The van der Waals surface area contributed by atoms with Gasteiger partial charge in [-0.15, -0.1) is 0 Å². The Morgan fingerprint density at radius 3 is 3.05 bits per heavy atom. The molecule has 1 atom stereocenters. The lowest BCUT2D eigenvalue weighted by Gasteiger charge is -2.09. The zero-order chi connectivity index (χ0) is 22.6. The van der Waals surface area contributed by atoms with Crippen LogP contribution >= 0.6 is 0 Å². The van der Waals surface area contributed by atoms with E-state index >= 15 is 0 Å². The van der Waals surface area contributed by atoms with Gasteiger partial charge < -0.3 is 9.67 Å². The zero-order valence-electron chi connectivity index (χ0n) is 19.8. The molecule has 0 radical (unpaired) electrons. The summed E-state index contributed by atoms with van der Waals surface area (Å²) in [5.74, 6) is 0. The minimum Gasteiger partial charge on any atom is -0.393 e. The highest BCUT2D eigenvalue weighted by atomic mass is 16.3. The SMILES string of the molecule is [2H]C([2H])([2H])n1cnc2c1c(=O)n(CCCC([2H])([2H])[C@]([2H])(O)C([2H])([2H])[2H])c(=O)n2C. The van der Waals surface area contributed by atoms with Gasteiger partial charge in [0.1, 0.15) is 0 Å². The van der Waals surface area contributed by atoms with Crippen LogP contribution in [0.3, 0.4) is 0 Å². The molecule has 0 spiro atoms.